The lowest BCUT2D eigenvalue weighted by atomic mass is 10.4. The Bertz CT molecular complexity index is 1220. The van der Waals surface area contributed by atoms with Crippen LogP contribution in [0, 0.1) is 0 Å². The van der Waals surface area contributed by atoms with Gasteiger partial charge < -0.3 is 0 Å². The molecule has 0 bridgehead atoms. The molecule has 0 spiro atoms. The van der Waals surface area contributed by atoms with Gasteiger partial charge in [-0.05, 0) is 29.6 Å². The van der Waals surface area contributed by atoms with Gasteiger partial charge in [-0.25, -0.2) is 18.1 Å². The van der Waals surface area contributed by atoms with Crippen LogP contribution in [-0.2, 0) is 9.84 Å². The van der Waals surface area contributed by atoms with E-state index in [1.165, 1.54) is 28.0 Å². The predicted octanol–water partition coefficient (Wildman–Crippen LogP) is 2.23. The minimum absolute atomic E-state index is 0.0131. The van der Waals surface area contributed by atoms with Gasteiger partial charge in [0.2, 0.25) is 14.9 Å². The lowest BCUT2D eigenvalue weighted by molar-refractivity contribution is 0.592. The molecule has 0 saturated heterocycles. The van der Waals surface area contributed by atoms with E-state index in [9.17, 15) is 13.2 Å². The molecule has 0 aliphatic heterocycles. The van der Waals surface area contributed by atoms with Crippen LogP contribution in [-0.4, -0.2) is 28.2 Å². The van der Waals surface area contributed by atoms with Gasteiger partial charge in [-0.15, -0.1) is 16.4 Å². The van der Waals surface area contributed by atoms with Crippen molar-refractivity contribution in [3.05, 3.63) is 50.5 Å². The molecule has 0 atom stereocenters. The van der Waals surface area contributed by atoms with Crippen LogP contribution in [0.5, 0.6) is 0 Å². The minimum atomic E-state index is -3.90. The van der Waals surface area contributed by atoms with Crippen LogP contribution < -0.4 is 5.56 Å². The molecule has 1 N–H and O–H groups in total. The zero-order valence-corrected chi connectivity index (χ0v) is 14.4. The maximum absolute atomic E-state index is 12.8. The van der Waals surface area contributed by atoms with E-state index in [1.807, 2.05) is 0 Å². The number of thiophene rings is 1. The van der Waals surface area contributed by atoms with Gasteiger partial charge in [0.25, 0.3) is 5.56 Å². The van der Waals surface area contributed by atoms with Gasteiger partial charge in [0, 0.05) is 4.47 Å². The number of hydrogen-bond acceptors (Lipinski definition) is 6. The first-order valence-electron chi connectivity index (χ1n) is 6.33. The average Bonchev–Trinajstić information content (AvgIpc) is 3.13. The molecule has 3 aromatic heterocycles. The number of sulfone groups is 1. The van der Waals surface area contributed by atoms with Gasteiger partial charge in [-0.3, -0.25) is 4.79 Å². The molecule has 1 aromatic carbocycles. The number of nitrogens with one attached hydrogen (secondary N) is 1. The highest BCUT2D eigenvalue weighted by Crippen LogP contribution is 2.25. The van der Waals surface area contributed by atoms with Crippen LogP contribution in [0.4, 0.5) is 0 Å². The summed E-state index contributed by atoms with van der Waals surface area (Å²) < 4.78 is 28.1. The van der Waals surface area contributed by atoms with Gasteiger partial charge in [0.05, 0.1) is 10.4 Å². The highest BCUT2D eigenvalue weighted by molar-refractivity contribution is 9.10. The maximum Gasteiger partial charge on any atom is 0.291 e. The molecular formula is C13H7BrN4O3S2. The summed E-state index contributed by atoms with van der Waals surface area (Å²) in [4.78, 5) is 16.0. The quantitative estimate of drug-likeness (QED) is 0.546. The topological polar surface area (TPSA) is 97.2 Å². The second-order valence-electron chi connectivity index (χ2n) is 4.69. The molecule has 4 aromatic rings. The molecule has 7 nitrogen and oxygen atoms in total. The van der Waals surface area contributed by atoms with Crippen LogP contribution in [0.2, 0.25) is 0 Å². The minimum Gasteiger partial charge on any atom is -0.266 e. The number of H-pyrrole nitrogens is 1. The van der Waals surface area contributed by atoms with Crippen molar-refractivity contribution in [1.82, 2.24) is 19.8 Å². The Kier molecular flexibility index (Phi) is 3.15. The van der Waals surface area contributed by atoms with Gasteiger partial charge in [-0.2, -0.15) is 4.98 Å². The zero-order chi connectivity index (χ0) is 16.2. The molecule has 4 rings (SSSR count). The second-order valence-corrected chi connectivity index (χ2v) is 8.39. The van der Waals surface area contributed by atoms with Crippen LogP contribution in [0.25, 0.3) is 15.9 Å². The Labute approximate surface area is 141 Å². The fraction of sp³-hybridized carbons (Fsp3) is 0. The van der Waals surface area contributed by atoms with E-state index < -0.39 is 15.4 Å². The lowest BCUT2D eigenvalue weighted by Gasteiger charge is -2.02. The number of fused-ring (bicyclic) bond motifs is 3. The monoisotopic (exact) mass is 410 g/mol. The van der Waals surface area contributed by atoms with Crippen molar-refractivity contribution in [3.8, 4) is 0 Å². The van der Waals surface area contributed by atoms with E-state index >= 15 is 0 Å². The van der Waals surface area contributed by atoms with E-state index in [4.69, 9.17) is 0 Å². The van der Waals surface area contributed by atoms with E-state index in [0.717, 1.165) is 0 Å². The Morgan fingerprint density at radius 3 is 2.87 bits per heavy atom. The maximum atomic E-state index is 12.8. The number of aromatic amines is 1. The van der Waals surface area contributed by atoms with Crippen molar-refractivity contribution >= 4 is 53.0 Å². The molecule has 0 aliphatic rings. The highest BCUT2D eigenvalue weighted by atomic mass is 79.9. The van der Waals surface area contributed by atoms with Crippen molar-refractivity contribution in [2.24, 2.45) is 0 Å². The van der Waals surface area contributed by atoms with E-state index in [1.54, 1.807) is 23.6 Å². The molecule has 116 valence electrons. The van der Waals surface area contributed by atoms with Gasteiger partial charge in [0.1, 0.15) is 4.70 Å². The van der Waals surface area contributed by atoms with Crippen molar-refractivity contribution in [1.29, 1.82) is 0 Å². The molecule has 0 fully saturated rings. The van der Waals surface area contributed by atoms with Gasteiger partial charge in [0.15, 0.2) is 5.65 Å². The third-order valence-corrected chi connectivity index (χ3v) is 6.34. The Hall–Kier alpha value is -2.04. The van der Waals surface area contributed by atoms with E-state index in [0.29, 0.717) is 14.7 Å². The van der Waals surface area contributed by atoms with Crippen molar-refractivity contribution < 1.29 is 8.42 Å². The fourth-order valence-corrected chi connectivity index (χ4v) is 4.88. The van der Waals surface area contributed by atoms with E-state index in [2.05, 4.69) is 31.2 Å². The normalized spacial score (nSPS) is 12.2. The fourth-order valence-electron chi connectivity index (χ4n) is 2.27. The first-order valence-corrected chi connectivity index (χ1v) is 9.49. The van der Waals surface area contributed by atoms with Crippen LogP contribution in [0.3, 0.4) is 0 Å². The first-order chi connectivity index (χ1) is 11.0. The molecular weight excluding hydrogens is 404 g/mol. The van der Waals surface area contributed by atoms with Gasteiger partial charge >= 0.3 is 0 Å². The summed E-state index contributed by atoms with van der Waals surface area (Å²) in [6, 6.07) is 7.99. The highest BCUT2D eigenvalue weighted by Gasteiger charge is 2.26. The summed E-state index contributed by atoms with van der Waals surface area (Å²) >= 11 is 4.49. The predicted molar refractivity (Wildman–Crippen MR) is 88.6 cm³/mol. The summed E-state index contributed by atoms with van der Waals surface area (Å²) in [7, 11) is -3.90. The summed E-state index contributed by atoms with van der Waals surface area (Å²) in [5, 5.41) is 7.96. The van der Waals surface area contributed by atoms with Crippen LogP contribution >= 0.6 is 27.3 Å². The van der Waals surface area contributed by atoms with Crippen molar-refractivity contribution in [2.45, 2.75) is 9.92 Å². The second kappa shape index (κ2) is 4.98. The molecule has 0 amide bonds. The third-order valence-electron chi connectivity index (χ3n) is 3.30. The van der Waals surface area contributed by atoms with Crippen molar-refractivity contribution in [2.75, 3.05) is 0 Å². The molecule has 10 heteroatoms. The van der Waals surface area contributed by atoms with E-state index in [-0.39, 0.29) is 15.6 Å². The number of aromatic nitrogens is 4. The summed E-state index contributed by atoms with van der Waals surface area (Å²) in [5.74, 6) is 0. The number of nitrogens with zero attached hydrogens (tertiary/aromatic N) is 3. The number of rotatable bonds is 2. The van der Waals surface area contributed by atoms with Crippen molar-refractivity contribution in [3.63, 3.8) is 0 Å². The molecule has 23 heavy (non-hydrogen) atoms. The summed E-state index contributed by atoms with van der Waals surface area (Å²) in [5.41, 5.74) is 0.0659. The smallest absolute Gasteiger partial charge is 0.266 e. The molecule has 0 radical (unpaired) electrons. The average molecular weight is 411 g/mol. The van der Waals surface area contributed by atoms with Crippen LogP contribution in [0.1, 0.15) is 0 Å². The Morgan fingerprint density at radius 1 is 1.26 bits per heavy atom. The van der Waals surface area contributed by atoms with Gasteiger partial charge in [-0.1, -0.05) is 22.0 Å². The largest absolute Gasteiger partial charge is 0.291 e. The summed E-state index contributed by atoms with van der Waals surface area (Å²) in [6.07, 6.45) is 0. The molecule has 0 unspecified atom stereocenters. The zero-order valence-electron chi connectivity index (χ0n) is 11.2. The Balaban J connectivity index is 2.06. The third kappa shape index (κ3) is 2.13. The Morgan fingerprint density at radius 2 is 2.09 bits per heavy atom. The SMILES string of the molecule is O=c1nc2c(S(=O)(=O)c3cccc(Br)c3)n[nH]n2c2ccsc12. The number of benzene rings is 1. The lowest BCUT2D eigenvalue weighted by Crippen LogP contribution is -2.10. The molecule has 0 aliphatic carbocycles. The number of halogens is 1. The standard InChI is InChI=1S/C13H7BrN4O3S2/c14-7-2-1-3-8(6-7)23(20,21)13-11-15-12(19)10-9(4-5-22-10)18(11)17-16-13/h1-6,17H. The molecule has 0 saturated carbocycles. The summed E-state index contributed by atoms with van der Waals surface area (Å²) in [6.45, 7) is 0. The number of hydrogen-bond donors (Lipinski definition) is 1. The molecule has 3 heterocycles. The first kappa shape index (κ1) is 14.5. The van der Waals surface area contributed by atoms with Crippen LogP contribution in [0.15, 0.2) is 54.9 Å².